The molecule has 0 spiro atoms. The van der Waals surface area contributed by atoms with E-state index in [1.165, 1.54) is 11.6 Å². The quantitative estimate of drug-likeness (QED) is 0.478. The number of unbranched alkanes of at least 4 members (excludes halogenated alkanes) is 1. The number of anilines is 2. The first-order valence-electron chi connectivity index (χ1n) is 6.60. The van der Waals surface area contributed by atoms with Crippen LogP contribution < -0.4 is 27.0 Å². The molecule has 0 amide bonds. The molecule has 0 aliphatic carbocycles. The average molecular weight is 319 g/mol. The maximum atomic E-state index is 11.7. The van der Waals surface area contributed by atoms with E-state index in [0.29, 0.717) is 6.54 Å². The molecule has 0 aliphatic rings. The van der Waals surface area contributed by atoms with Crippen LogP contribution >= 0.6 is 0 Å². The van der Waals surface area contributed by atoms with Crippen molar-refractivity contribution in [1.82, 2.24) is 14.3 Å². The van der Waals surface area contributed by atoms with Crippen molar-refractivity contribution in [3.63, 3.8) is 0 Å². The standard InChI is InChI=1S/C11H21N5O4S/c1-3-4-6-16-9(12)8(10(17)15-11(16)18)14-5-7-21(19,20)13-2/h13-14H,3-7,12H2,1-2H3,(H,15,17,18). The smallest absolute Gasteiger partial charge is 0.330 e. The number of nitrogen functional groups attached to an aromatic ring is 1. The van der Waals surface area contributed by atoms with Crippen LogP contribution in [0.1, 0.15) is 19.8 Å². The molecule has 0 saturated heterocycles. The van der Waals surface area contributed by atoms with E-state index in [1.807, 2.05) is 6.92 Å². The van der Waals surface area contributed by atoms with Gasteiger partial charge in [-0.2, -0.15) is 0 Å². The number of nitrogens with one attached hydrogen (secondary N) is 3. The van der Waals surface area contributed by atoms with E-state index in [1.54, 1.807) is 0 Å². The van der Waals surface area contributed by atoms with Gasteiger partial charge in [0.15, 0.2) is 0 Å². The molecule has 0 atom stereocenters. The fourth-order valence-electron chi connectivity index (χ4n) is 1.71. The Hall–Kier alpha value is -1.81. The van der Waals surface area contributed by atoms with Crippen LogP contribution in [0, 0.1) is 0 Å². The molecule has 120 valence electrons. The second-order valence-corrected chi connectivity index (χ2v) is 6.52. The minimum atomic E-state index is -3.38. The fraction of sp³-hybridized carbons (Fsp3) is 0.636. The van der Waals surface area contributed by atoms with Gasteiger partial charge in [0, 0.05) is 13.1 Å². The summed E-state index contributed by atoms with van der Waals surface area (Å²) >= 11 is 0. The zero-order valence-electron chi connectivity index (χ0n) is 12.1. The third-order valence-corrected chi connectivity index (χ3v) is 4.32. The predicted molar refractivity (Wildman–Crippen MR) is 82.0 cm³/mol. The van der Waals surface area contributed by atoms with Gasteiger partial charge in [0.25, 0.3) is 5.56 Å². The van der Waals surface area contributed by atoms with Gasteiger partial charge in [0.2, 0.25) is 10.0 Å². The highest BCUT2D eigenvalue weighted by atomic mass is 32.2. The maximum Gasteiger partial charge on any atom is 0.330 e. The van der Waals surface area contributed by atoms with E-state index in [-0.39, 0.29) is 23.8 Å². The molecule has 0 saturated carbocycles. The van der Waals surface area contributed by atoms with Gasteiger partial charge in [0.1, 0.15) is 11.5 Å². The number of nitrogens with zero attached hydrogens (tertiary/aromatic N) is 1. The highest BCUT2D eigenvalue weighted by Gasteiger charge is 2.13. The molecule has 9 nitrogen and oxygen atoms in total. The van der Waals surface area contributed by atoms with Crippen molar-refractivity contribution in [2.45, 2.75) is 26.3 Å². The van der Waals surface area contributed by atoms with Crippen molar-refractivity contribution in [3.05, 3.63) is 20.8 Å². The zero-order chi connectivity index (χ0) is 16.0. The van der Waals surface area contributed by atoms with Crippen LogP contribution in [0.15, 0.2) is 9.59 Å². The second kappa shape index (κ2) is 7.27. The molecular formula is C11H21N5O4S. The van der Waals surface area contributed by atoms with E-state index in [2.05, 4.69) is 15.0 Å². The van der Waals surface area contributed by atoms with Crippen LogP contribution in [-0.2, 0) is 16.6 Å². The first-order chi connectivity index (χ1) is 9.82. The molecular weight excluding hydrogens is 298 g/mol. The minimum absolute atomic E-state index is 0.00242. The SMILES string of the molecule is CCCCn1c(N)c(NCCS(=O)(=O)NC)c(=O)[nH]c1=O. The number of sulfonamides is 1. The summed E-state index contributed by atoms with van der Waals surface area (Å²) in [7, 11) is -2.07. The van der Waals surface area contributed by atoms with Crippen molar-refractivity contribution in [2.75, 3.05) is 30.4 Å². The normalized spacial score (nSPS) is 11.5. The molecule has 1 heterocycles. The Kier molecular flexibility index (Phi) is 5.97. The second-order valence-electron chi connectivity index (χ2n) is 4.47. The molecule has 21 heavy (non-hydrogen) atoms. The molecule has 1 aromatic rings. The fourth-order valence-corrected chi connectivity index (χ4v) is 2.28. The summed E-state index contributed by atoms with van der Waals surface area (Å²) in [5, 5.41) is 2.67. The number of aromatic amines is 1. The molecule has 0 fully saturated rings. The van der Waals surface area contributed by atoms with Gasteiger partial charge in [-0.25, -0.2) is 17.9 Å². The summed E-state index contributed by atoms with van der Waals surface area (Å²) in [6.45, 7) is 2.36. The molecule has 0 unspecified atom stereocenters. The van der Waals surface area contributed by atoms with E-state index >= 15 is 0 Å². The summed E-state index contributed by atoms with van der Waals surface area (Å²) in [5.41, 5.74) is 4.60. The Morgan fingerprint density at radius 1 is 1.33 bits per heavy atom. The van der Waals surface area contributed by atoms with Gasteiger partial charge in [-0.15, -0.1) is 0 Å². The Balaban J connectivity index is 2.97. The third-order valence-electron chi connectivity index (χ3n) is 2.96. The monoisotopic (exact) mass is 319 g/mol. The molecule has 0 bridgehead atoms. The van der Waals surface area contributed by atoms with E-state index in [9.17, 15) is 18.0 Å². The van der Waals surface area contributed by atoms with Gasteiger partial charge in [-0.3, -0.25) is 14.3 Å². The Bertz CT molecular complexity index is 692. The summed E-state index contributed by atoms with van der Waals surface area (Å²) in [6, 6.07) is 0. The van der Waals surface area contributed by atoms with Crippen LogP contribution in [0.5, 0.6) is 0 Å². The summed E-state index contributed by atoms with van der Waals surface area (Å²) < 4.78 is 26.0. The lowest BCUT2D eigenvalue weighted by Crippen LogP contribution is -2.35. The number of aromatic nitrogens is 2. The van der Waals surface area contributed by atoms with Gasteiger partial charge in [-0.1, -0.05) is 13.3 Å². The molecule has 0 aliphatic heterocycles. The van der Waals surface area contributed by atoms with E-state index < -0.39 is 21.3 Å². The topological polar surface area (TPSA) is 139 Å². The van der Waals surface area contributed by atoms with Crippen LogP contribution in [0.3, 0.4) is 0 Å². The number of rotatable bonds is 8. The highest BCUT2D eigenvalue weighted by Crippen LogP contribution is 2.10. The maximum absolute atomic E-state index is 11.7. The van der Waals surface area contributed by atoms with Crippen molar-refractivity contribution in [2.24, 2.45) is 0 Å². The zero-order valence-corrected chi connectivity index (χ0v) is 12.9. The van der Waals surface area contributed by atoms with Crippen molar-refractivity contribution >= 4 is 21.5 Å². The summed E-state index contributed by atoms with van der Waals surface area (Å²) in [6.07, 6.45) is 1.61. The molecule has 5 N–H and O–H groups in total. The van der Waals surface area contributed by atoms with Gasteiger partial charge in [-0.05, 0) is 13.5 Å². The van der Waals surface area contributed by atoms with E-state index in [0.717, 1.165) is 12.8 Å². The van der Waals surface area contributed by atoms with Crippen molar-refractivity contribution in [3.8, 4) is 0 Å². The Labute approximate surface area is 122 Å². The summed E-state index contributed by atoms with van der Waals surface area (Å²) in [5.74, 6) is -0.199. The largest absolute Gasteiger partial charge is 0.383 e. The van der Waals surface area contributed by atoms with Gasteiger partial charge >= 0.3 is 5.69 Å². The van der Waals surface area contributed by atoms with Crippen molar-refractivity contribution in [1.29, 1.82) is 0 Å². The number of hydrogen-bond acceptors (Lipinski definition) is 6. The highest BCUT2D eigenvalue weighted by molar-refractivity contribution is 7.89. The number of nitrogens with two attached hydrogens (primary N) is 1. The minimum Gasteiger partial charge on any atom is -0.383 e. The first kappa shape index (κ1) is 17.2. The molecule has 1 aromatic heterocycles. The van der Waals surface area contributed by atoms with Crippen molar-refractivity contribution < 1.29 is 8.42 Å². The van der Waals surface area contributed by atoms with Crippen LogP contribution in [0.25, 0.3) is 0 Å². The van der Waals surface area contributed by atoms with Crippen LogP contribution in [0.2, 0.25) is 0 Å². The number of H-pyrrole nitrogens is 1. The average Bonchev–Trinajstić information content (AvgIpc) is 2.42. The third kappa shape index (κ3) is 4.60. The predicted octanol–water partition coefficient (Wildman–Crippen LogP) is -1.12. The van der Waals surface area contributed by atoms with Crippen LogP contribution in [0.4, 0.5) is 11.5 Å². The lowest BCUT2D eigenvalue weighted by molar-refractivity contribution is 0.588. The first-order valence-corrected chi connectivity index (χ1v) is 8.25. The summed E-state index contributed by atoms with van der Waals surface area (Å²) in [4.78, 5) is 25.6. The molecule has 0 radical (unpaired) electrons. The van der Waals surface area contributed by atoms with Gasteiger partial charge < -0.3 is 11.1 Å². The lowest BCUT2D eigenvalue weighted by Gasteiger charge is -2.13. The molecule has 0 aromatic carbocycles. The molecule has 10 heteroatoms. The Morgan fingerprint density at radius 3 is 2.57 bits per heavy atom. The van der Waals surface area contributed by atoms with Gasteiger partial charge in [0.05, 0.1) is 5.75 Å². The lowest BCUT2D eigenvalue weighted by atomic mass is 10.3. The number of hydrogen-bond donors (Lipinski definition) is 4. The van der Waals surface area contributed by atoms with E-state index in [4.69, 9.17) is 5.73 Å². The Morgan fingerprint density at radius 2 is 2.00 bits per heavy atom. The van der Waals surface area contributed by atoms with Crippen LogP contribution in [-0.4, -0.2) is 37.3 Å². The molecule has 1 rings (SSSR count).